The first-order chi connectivity index (χ1) is 8.29. The van der Waals surface area contributed by atoms with Gasteiger partial charge in [0.25, 0.3) is 0 Å². The average Bonchev–Trinajstić information content (AvgIpc) is 2.39. The van der Waals surface area contributed by atoms with Crippen molar-refractivity contribution < 1.29 is 0 Å². The fraction of sp³-hybridized carbons (Fsp3) is 0.625. The third-order valence-corrected chi connectivity index (χ3v) is 4.31. The summed E-state index contributed by atoms with van der Waals surface area (Å²) in [6.07, 6.45) is 6.93. The molecule has 1 atom stereocenters. The highest BCUT2D eigenvalue weighted by Gasteiger charge is 2.21. The number of hydrogen-bond donors (Lipinski definition) is 1. The molecule has 1 aliphatic rings. The Morgan fingerprint density at radius 1 is 1.12 bits per heavy atom. The van der Waals surface area contributed by atoms with Crippen molar-refractivity contribution in [2.24, 2.45) is 17.6 Å². The second-order valence-electron chi connectivity index (χ2n) is 5.70. The topological polar surface area (TPSA) is 26.0 Å². The van der Waals surface area contributed by atoms with Crippen LogP contribution in [-0.4, -0.2) is 6.54 Å². The molecule has 0 bridgehead atoms. The van der Waals surface area contributed by atoms with Crippen LogP contribution in [0.2, 0.25) is 0 Å². The highest BCUT2D eigenvalue weighted by Crippen LogP contribution is 2.34. The van der Waals surface area contributed by atoms with Crippen LogP contribution in [0.15, 0.2) is 30.3 Å². The zero-order valence-corrected chi connectivity index (χ0v) is 10.9. The van der Waals surface area contributed by atoms with E-state index in [0.29, 0.717) is 5.92 Å². The molecule has 2 rings (SSSR count). The van der Waals surface area contributed by atoms with Crippen molar-refractivity contribution in [3.8, 4) is 0 Å². The second-order valence-corrected chi connectivity index (χ2v) is 5.70. The van der Waals surface area contributed by atoms with Gasteiger partial charge in [-0.2, -0.15) is 0 Å². The van der Waals surface area contributed by atoms with Gasteiger partial charge in [-0.25, -0.2) is 0 Å². The van der Waals surface area contributed by atoms with Crippen LogP contribution in [0.1, 0.15) is 50.5 Å². The van der Waals surface area contributed by atoms with Crippen LogP contribution >= 0.6 is 0 Å². The Balaban J connectivity index is 1.92. The molecule has 0 saturated heterocycles. The van der Waals surface area contributed by atoms with Gasteiger partial charge in [-0.3, -0.25) is 0 Å². The Kier molecular flexibility index (Phi) is 4.61. The lowest BCUT2D eigenvalue weighted by Gasteiger charge is -2.29. The van der Waals surface area contributed by atoms with Gasteiger partial charge in [0.15, 0.2) is 0 Å². The Labute approximate surface area is 105 Å². The normalized spacial score (nSPS) is 26.7. The number of nitrogens with two attached hydrogens (primary N) is 1. The van der Waals surface area contributed by atoms with Crippen LogP contribution in [0.4, 0.5) is 0 Å². The lowest BCUT2D eigenvalue weighted by Crippen LogP contribution is -2.19. The fourth-order valence-corrected chi connectivity index (χ4v) is 3.06. The first kappa shape index (κ1) is 12.6. The predicted molar refractivity (Wildman–Crippen MR) is 74.0 cm³/mol. The van der Waals surface area contributed by atoms with Crippen LogP contribution in [0.25, 0.3) is 0 Å². The van der Waals surface area contributed by atoms with Gasteiger partial charge < -0.3 is 5.73 Å². The highest BCUT2D eigenvalue weighted by atomic mass is 14.5. The summed E-state index contributed by atoms with van der Waals surface area (Å²) in [5, 5.41) is 0. The van der Waals surface area contributed by atoms with E-state index in [-0.39, 0.29) is 0 Å². The molecule has 1 aromatic rings. The minimum atomic E-state index is 0.564. The molecule has 1 heteroatoms. The van der Waals surface area contributed by atoms with Crippen LogP contribution < -0.4 is 5.73 Å². The first-order valence-corrected chi connectivity index (χ1v) is 7.04. The summed E-state index contributed by atoms with van der Waals surface area (Å²) in [5.41, 5.74) is 7.37. The van der Waals surface area contributed by atoms with Gasteiger partial charge in [-0.05, 0) is 36.3 Å². The van der Waals surface area contributed by atoms with Crippen LogP contribution in [-0.2, 0) is 0 Å². The Hall–Kier alpha value is -0.820. The number of benzene rings is 1. The molecular weight excluding hydrogens is 206 g/mol. The van der Waals surface area contributed by atoms with E-state index in [1.807, 2.05) is 0 Å². The maximum absolute atomic E-state index is 5.95. The molecule has 1 aliphatic carbocycles. The summed E-state index contributed by atoms with van der Waals surface area (Å²) in [6, 6.07) is 10.8. The lowest BCUT2D eigenvalue weighted by molar-refractivity contribution is 0.265. The first-order valence-electron chi connectivity index (χ1n) is 7.04. The minimum absolute atomic E-state index is 0.564. The zero-order valence-electron chi connectivity index (χ0n) is 10.9. The highest BCUT2D eigenvalue weighted by molar-refractivity contribution is 5.19. The van der Waals surface area contributed by atoms with E-state index in [0.717, 1.165) is 18.4 Å². The Morgan fingerprint density at radius 2 is 1.76 bits per heavy atom. The van der Waals surface area contributed by atoms with Crippen molar-refractivity contribution in [2.75, 3.05) is 6.54 Å². The smallest absolute Gasteiger partial charge is 0.000813 e. The van der Waals surface area contributed by atoms with Gasteiger partial charge in [-0.15, -0.1) is 0 Å². The molecule has 1 saturated carbocycles. The molecule has 1 fully saturated rings. The largest absolute Gasteiger partial charge is 0.330 e. The summed E-state index contributed by atoms with van der Waals surface area (Å²) in [4.78, 5) is 0. The Bertz CT molecular complexity index is 312. The summed E-state index contributed by atoms with van der Waals surface area (Å²) in [6.45, 7) is 3.17. The third-order valence-electron chi connectivity index (χ3n) is 4.31. The van der Waals surface area contributed by atoms with Crippen LogP contribution in [0.5, 0.6) is 0 Å². The maximum Gasteiger partial charge on any atom is -0.000813 e. The molecule has 0 radical (unpaired) electrons. The molecule has 1 nitrogen and oxygen atoms in total. The standard InChI is InChI=1S/C16H25N/c1-13-7-9-14(10-8-13)11-16(12-17)15-5-3-2-4-6-15/h2-6,13-14,16H,7-12,17H2,1H3. The van der Waals surface area contributed by atoms with E-state index in [9.17, 15) is 0 Å². The summed E-state index contributed by atoms with van der Waals surface area (Å²) in [7, 11) is 0. The lowest BCUT2D eigenvalue weighted by atomic mass is 9.77. The molecule has 0 amide bonds. The van der Waals surface area contributed by atoms with Crippen molar-refractivity contribution in [3.05, 3.63) is 35.9 Å². The summed E-state index contributed by atoms with van der Waals surface area (Å²) < 4.78 is 0. The van der Waals surface area contributed by atoms with Gasteiger partial charge in [0.05, 0.1) is 0 Å². The van der Waals surface area contributed by atoms with Gasteiger partial charge in [0.1, 0.15) is 0 Å². The van der Waals surface area contributed by atoms with E-state index in [1.54, 1.807) is 0 Å². The zero-order chi connectivity index (χ0) is 12.1. The van der Waals surface area contributed by atoms with E-state index in [1.165, 1.54) is 37.7 Å². The van der Waals surface area contributed by atoms with Crippen LogP contribution in [0, 0.1) is 11.8 Å². The number of rotatable bonds is 4. The van der Waals surface area contributed by atoms with Gasteiger partial charge in [0, 0.05) is 0 Å². The molecule has 1 aromatic carbocycles. The fourth-order valence-electron chi connectivity index (χ4n) is 3.06. The van der Waals surface area contributed by atoms with Crippen molar-refractivity contribution in [3.63, 3.8) is 0 Å². The molecule has 0 aliphatic heterocycles. The van der Waals surface area contributed by atoms with Gasteiger partial charge in [-0.1, -0.05) is 62.9 Å². The summed E-state index contributed by atoms with van der Waals surface area (Å²) >= 11 is 0. The molecule has 0 aromatic heterocycles. The molecule has 94 valence electrons. The third kappa shape index (κ3) is 3.57. The SMILES string of the molecule is CC1CCC(CC(CN)c2ccccc2)CC1. The minimum Gasteiger partial charge on any atom is -0.330 e. The van der Waals surface area contributed by atoms with Crippen LogP contribution in [0.3, 0.4) is 0 Å². The van der Waals surface area contributed by atoms with Crippen molar-refractivity contribution in [1.82, 2.24) is 0 Å². The Morgan fingerprint density at radius 3 is 2.35 bits per heavy atom. The summed E-state index contributed by atoms with van der Waals surface area (Å²) in [5.74, 6) is 2.41. The van der Waals surface area contributed by atoms with E-state index in [4.69, 9.17) is 5.73 Å². The molecule has 1 unspecified atom stereocenters. The monoisotopic (exact) mass is 231 g/mol. The molecule has 2 N–H and O–H groups in total. The van der Waals surface area contributed by atoms with Crippen molar-refractivity contribution in [2.45, 2.75) is 44.9 Å². The molecular formula is C16H25N. The van der Waals surface area contributed by atoms with E-state index < -0.39 is 0 Å². The predicted octanol–water partition coefficient (Wildman–Crippen LogP) is 3.95. The molecule has 17 heavy (non-hydrogen) atoms. The molecule has 0 spiro atoms. The van der Waals surface area contributed by atoms with E-state index in [2.05, 4.69) is 37.3 Å². The molecule has 0 heterocycles. The van der Waals surface area contributed by atoms with Gasteiger partial charge in [0.2, 0.25) is 0 Å². The number of hydrogen-bond acceptors (Lipinski definition) is 1. The maximum atomic E-state index is 5.95. The second kappa shape index (κ2) is 6.20. The quantitative estimate of drug-likeness (QED) is 0.834. The van der Waals surface area contributed by atoms with Gasteiger partial charge >= 0.3 is 0 Å². The van der Waals surface area contributed by atoms with Crippen molar-refractivity contribution in [1.29, 1.82) is 0 Å². The van der Waals surface area contributed by atoms with Crippen molar-refractivity contribution >= 4 is 0 Å². The average molecular weight is 231 g/mol. The van der Waals surface area contributed by atoms with E-state index >= 15 is 0 Å².